The number of ether oxygens (including phenoxy) is 2. The first-order valence-electron chi connectivity index (χ1n) is 11.9. The lowest BCUT2D eigenvalue weighted by molar-refractivity contribution is 0.342. The number of nitrogens with zero attached hydrogens (tertiary/aromatic N) is 5. The Labute approximate surface area is 204 Å². The van der Waals surface area contributed by atoms with Gasteiger partial charge < -0.3 is 14.4 Å². The number of fused-ring (bicyclic) bond motifs is 1. The number of rotatable bonds is 9. The van der Waals surface area contributed by atoms with Crippen LogP contribution in [0.4, 0.5) is 0 Å². The summed E-state index contributed by atoms with van der Waals surface area (Å²) >= 11 is 1.71. The van der Waals surface area contributed by atoms with Gasteiger partial charge in [-0.3, -0.25) is 0 Å². The van der Waals surface area contributed by atoms with Crippen LogP contribution >= 0.6 is 11.3 Å². The van der Waals surface area contributed by atoms with Gasteiger partial charge in [0.2, 0.25) is 0 Å². The van der Waals surface area contributed by atoms with E-state index in [4.69, 9.17) is 14.5 Å². The van der Waals surface area contributed by atoms with Crippen LogP contribution in [-0.2, 0) is 12.8 Å². The molecule has 178 valence electrons. The van der Waals surface area contributed by atoms with Crippen molar-refractivity contribution in [2.75, 3.05) is 33.9 Å². The van der Waals surface area contributed by atoms with Crippen molar-refractivity contribution in [3.63, 3.8) is 0 Å². The zero-order chi connectivity index (χ0) is 23.5. The van der Waals surface area contributed by atoms with E-state index in [1.54, 1.807) is 25.6 Å². The lowest BCUT2D eigenvalue weighted by Crippen LogP contribution is -2.22. The van der Waals surface area contributed by atoms with Crippen LogP contribution in [0.2, 0.25) is 0 Å². The second-order valence-electron chi connectivity index (χ2n) is 8.71. The van der Waals surface area contributed by atoms with Gasteiger partial charge in [-0.15, -0.1) is 16.4 Å². The SMILES string of the molecule is CCc1ccc2nc(C(c3ccc(OC)c(OC)c3)n3cc(CCN4CCCC4)nn3)sc2c1. The van der Waals surface area contributed by atoms with Gasteiger partial charge in [0.25, 0.3) is 0 Å². The molecule has 3 heterocycles. The Morgan fingerprint density at radius 2 is 1.85 bits per heavy atom. The van der Waals surface area contributed by atoms with Crippen molar-refractivity contribution in [2.45, 2.75) is 38.6 Å². The molecule has 1 atom stereocenters. The maximum absolute atomic E-state index is 5.60. The van der Waals surface area contributed by atoms with Gasteiger partial charge in [0.1, 0.15) is 11.0 Å². The van der Waals surface area contributed by atoms with Gasteiger partial charge in [-0.05, 0) is 67.7 Å². The molecule has 7 nitrogen and oxygen atoms in total. The zero-order valence-corrected chi connectivity index (χ0v) is 20.8. The Bertz CT molecular complexity index is 1260. The number of methoxy groups -OCH3 is 2. The Balaban J connectivity index is 1.52. The first-order chi connectivity index (χ1) is 16.7. The normalized spacial score (nSPS) is 15.1. The van der Waals surface area contributed by atoms with Crippen LogP contribution in [0.3, 0.4) is 0 Å². The van der Waals surface area contributed by atoms with E-state index in [-0.39, 0.29) is 6.04 Å². The smallest absolute Gasteiger partial charge is 0.161 e. The Morgan fingerprint density at radius 3 is 2.62 bits per heavy atom. The monoisotopic (exact) mass is 477 g/mol. The third kappa shape index (κ3) is 4.65. The van der Waals surface area contributed by atoms with Gasteiger partial charge in [-0.2, -0.15) is 0 Å². The number of hydrogen-bond acceptors (Lipinski definition) is 7. The van der Waals surface area contributed by atoms with Crippen molar-refractivity contribution in [3.8, 4) is 11.5 Å². The predicted octanol–water partition coefficient (Wildman–Crippen LogP) is 4.74. The third-order valence-corrected chi connectivity index (χ3v) is 7.61. The lowest BCUT2D eigenvalue weighted by Gasteiger charge is -2.17. The lowest BCUT2D eigenvalue weighted by atomic mass is 10.1. The molecular formula is C26H31N5O2S. The summed E-state index contributed by atoms with van der Waals surface area (Å²) in [6.07, 6.45) is 6.57. The van der Waals surface area contributed by atoms with Crippen LogP contribution in [0.1, 0.15) is 47.6 Å². The molecule has 1 aliphatic rings. The predicted molar refractivity (Wildman–Crippen MR) is 135 cm³/mol. The minimum absolute atomic E-state index is 0.199. The highest BCUT2D eigenvalue weighted by atomic mass is 32.1. The number of thiazole rings is 1. The molecule has 0 saturated carbocycles. The van der Waals surface area contributed by atoms with Gasteiger partial charge in [-0.25, -0.2) is 9.67 Å². The molecule has 2 aromatic carbocycles. The molecule has 5 rings (SSSR count). The quantitative estimate of drug-likeness (QED) is 0.347. The third-order valence-electron chi connectivity index (χ3n) is 6.54. The fourth-order valence-corrected chi connectivity index (χ4v) is 5.74. The van der Waals surface area contributed by atoms with E-state index in [1.807, 2.05) is 16.8 Å². The summed E-state index contributed by atoms with van der Waals surface area (Å²) < 4.78 is 14.2. The second kappa shape index (κ2) is 10.1. The van der Waals surface area contributed by atoms with Gasteiger partial charge in [0.15, 0.2) is 11.5 Å². The first-order valence-corrected chi connectivity index (χ1v) is 12.7. The van der Waals surface area contributed by atoms with Gasteiger partial charge in [0.05, 0.1) is 30.1 Å². The maximum atomic E-state index is 5.60. The fraction of sp³-hybridized carbons (Fsp3) is 0.423. The molecule has 1 saturated heterocycles. The largest absolute Gasteiger partial charge is 0.493 e. The summed E-state index contributed by atoms with van der Waals surface area (Å²) in [5.41, 5.74) is 4.36. The Kier molecular flexibility index (Phi) is 6.78. The fourth-order valence-electron chi connectivity index (χ4n) is 4.59. The van der Waals surface area contributed by atoms with Crippen LogP contribution in [0.25, 0.3) is 10.2 Å². The second-order valence-corrected chi connectivity index (χ2v) is 9.78. The number of benzene rings is 2. The van der Waals surface area contributed by atoms with E-state index < -0.39 is 0 Å². The zero-order valence-electron chi connectivity index (χ0n) is 20.0. The summed E-state index contributed by atoms with van der Waals surface area (Å²) in [5.74, 6) is 1.39. The minimum Gasteiger partial charge on any atom is -0.493 e. The van der Waals surface area contributed by atoms with Crippen LogP contribution in [0.5, 0.6) is 11.5 Å². The summed E-state index contributed by atoms with van der Waals surface area (Å²) in [7, 11) is 3.31. The average Bonchev–Trinajstić information content (AvgIpc) is 3.63. The van der Waals surface area contributed by atoms with Crippen molar-refractivity contribution >= 4 is 21.6 Å². The highest BCUT2D eigenvalue weighted by Crippen LogP contribution is 2.37. The van der Waals surface area contributed by atoms with E-state index in [1.165, 1.54) is 36.2 Å². The summed E-state index contributed by atoms with van der Waals surface area (Å²) in [6.45, 7) is 5.58. The van der Waals surface area contributed by atoms with Crippen LogP contribution in [0.15, 0.2) is 42.6 Å². The summed E-state index contributed by atoms with van der Waals surface area (Å²) in [6, 6.07) is 12.3. The molecule has 0 N–H and O–H groups in total. The van der Waals surface area contributed by atoms with E-state index in [0.717, 1.165) is 41.2 Å². The molecule has 1 aliphatic heterocycles. The minimum atomic E-state index is -0.199. The molecule has 0 radical (unpaired) electrons. The van der Waals surface area contributed by atoms with E-state index in [9.17, 15) is 0 Å². The molecule has 1 unspecified atom stereocenters. The standard InChI is InChI=1S/C26H31N5O2S/c1-4-18-7-9-21-24(15-18)34-26(27-21)25(19-8-10-22(32-2)23(16-19)33-3)31-17-20(28-29-31)11-14-30-12-5-6-13-30/h7-10,15-17,25H,4-6,11-14H2,1-3H3. The number of aryl methyl sites for hydroxylation is 1. The molecule has 0 bridgehead atoms. The molecule has 8 heteroatoms. The molecule has 1 fully saturated rings. The van der Waals surface area contributed by atoms with E-state index >= 15 is 0 Å². The number of aromatic nitrogens is 4. The first kappa shape index (κ1) is 22.8. The summed E-state index contributed by atoms with van der Waals surface area (Å²) in [4.78, 5) is 7.51. The topological polar surface area (TPSA) is 65.3 Å². The molecular weight excluding hydrogens is 446 g/mol. The maximum Gasteiger partial charge on any atom is 0.161 e. The van der Waals surface area contributed by atoms with Crippen molar-refractivity contribution in [3.05, 3.63) is 64.4 Å². The molecule has 34 heavy (non-hydrogen) atoms. The van der Waals surface area contributed by atoms with Crippen molar-refractivity contribution in [1.29, 1.82) is 0 Å². The van der Waals surface area contributed by atoms with E-state index in [2.05, 4.69) is 52.6 Å². The van der Waals surface area contributed by atoms with Gasteiger partial charge >= 0.3 is 0 Å². The van der Waals surface area contributed by atoms with E-state index in [0.29, 0.717) is 11.5 Å². The number of hydrogen-bond donors (Lipinski definition) is 0. The van der Waals surface area contributed by atoms with Crippen LogP contribution in [-0.4, -0.2) is 58.7 Å². The molecule has 0 aliphatic carbocycles. The van der Waals surface area contributed by atoms with Crippen molar-refractivity contribution in [2.24, 2.45) is 0 Å². The molecule has 4 aromatic rings. The highest BCUT2D eigenvalue weighted by molar-refractivity contribution is 7.18. The average molecular weight is 478 g/mol. The molecule has 0 amide bonds. The van der Waals surface area contributed by atoms with Crippen molar-refractivity contribution in [1.82, 2.24) is 24.9 Å². The van der Waals surface area contributed by atoms with Crippen molar-refractivity contribution < 1.29 is 9.47 Å². The van der Waals surface area contributed by atoms with Gasteiger partial charge in [-0.1, -0.05) is 24.3 Å². The van der Waals surface area contributed by atoms with Gasteiger partial charge in [0, 0.05) is 19.2 Å². The molecule has 0 spiro atoms. The van der Waals surface area contributed by atoms with Crippen LogP contribution in [0, 0.1) is 0 Å². The Hall–Kier alpha value is -2.97. The Morgan fingerprint density at radius 1 is 1.03 bits per heavy atom. The summed E-state index contributed by atoms with van der Waals surface area (Å²) in [5, 5.41) is 10.1. The molecule has 2 aromatic heterocycles. The van der Waals surface area contributed by atoms with Crippen LogP contribution < -0.4 is 9.47 Å². The number of likely N-dealkylation sites (tertiary alicyclic amines) is 1. The highest BCUT2D eigenvalue weighted by Gasteiger charge is 2.24.